The Kier molecular flexibility index (Phi) is 5.04. The zero-order valence-corrected chi connectivity index (χ0v) is 22.5. The number of aliphatic hydroxyl groups excluding tert-OH is 1. The van der Waals surface area contributed by atoms with E-state index in [1.807, 2.05) is 13.0 Å². The topological polar surface area (TPSA) is 74.6 Å². The first-order chi connectivity index (χ1) is 15.6. The van der Waals surface area contributed by atoms with E-state index >= 15 is 0 Å². The predicted octanol–water partition coefficient (Wildman–Crippen LogP) is 6.41. The first-order valence-electron chi connectivity index (χ1n) is 13.7. The SMILES string of the molecule is CC1(C(=O)O)CC[C@]2(C)CC[C@]3(C)C(=CC(=O)[C@@H]4[C@@]5(C)CCC(O)C(C)(C)C5CC[C@]43C)[C@H]2C1. The van der Waals surface area contributed by atoms with Gasteiger partial charge in [-0.25, -0.2) is 0 Å². The van der Waals surface area contributed by atoms with Crippen LogP contribution in [0.1, 0.15) is 106 Å². The maximum Gasteiger partial charge on any atom is 0.309 e. The van der Waals surface area contributed by atoms with Gasteiger partial charge in [0.1, 0.15) is 0 Å². The molecule has 0 amide bonds. The molecule has 0 radical (unpaired) electrons. The summed E-state index contributed by atoms with van der Waals surface area (Å²) < 4.78 is 0. The monoisotopic (exact) mass is 470 g/mol. The molecule has 0 aromatic rings. The number of aliphatic carboxylic acids is 1. The second-order valence-electron chi connectivity index (χ2n) is 14.9. The number of carbonyl (C=O) groups is 2. The van der Waals surface area contributed by atoms with Crippen LogP contribution in [0.2, 0.25) is 0 Å². The molecule has 2 N–H and O–H groups in total. The fraction of sp³-hybridized carbons (Fsp3) is 0.867. The summed E-state index contributed by atoms with van der Waals surface area (Å²) in [6, 6.07) is 0. The molecule has 4 heteroatoms. The number of carboxylic acids is 1. The predicted molar refractivity (Wildman–Crippen MR) is 133 cm³/mol. The van der Waals surface area contributed by atoms with E-state index in [0.29, 0.717) is 12.3 Å². The summed E-state index contributed by atoms with van der Waals surface area (Å²) >= 11 is 0. The maximum absolute atomic E-state index is 14.2. The Morgan fingerprint density at radius 3 is 2.21 bits per heavy atom. The number of hydrogen-bond acceptors (Lipinski definition) is 3. The quantitative estimate of drug-likeness (QED) is 0.464. The summed E-state index contributed by atoms with van der Waals surface area (Å²) in [7, 11) is 0. The highest BCUT2D eigenvalue weighted by molar-refractivity contribution is 5.95. The minimum Gasteiger partial charge on any atom is -0.481 e. The summed E-state index contributed by atoms with van der Waals surface area (Å²) in [5.74, 6) is 0.0603. The molecule has 9 atom stereocenters. The summed E-state index contributed by atoms with van der Waals surface area (Å²) in [6.07, 6.45) is 9.95. The van der Waals surface area contributed by atoms with E-state index < -0.39 is 11.4 Å². The van der Waals surface area contributed by atoms with Crippen LogP contribution < -0.4 is 0 Å². The van der Waals surface area contributed by atoms with Crippen LogP contribution in [-0.2, 0) is 9.59 Å². The van der Waals surface area contributed by atoms with Gasteiger partial charge in [0.25, 0.3) is 0 Å². The number of rotatable bonds is 1. The van der Waals surface area contributed by atoms with Gasteiger partial charge in [-0.2, -0.15) is 0 Å². The summed E-state index contributed by atoms with van der Waals surface area (Å²) in [4.78, 5) is 26.4. The molecule has 0 heterocycles. The van der Waals surface area contributed by atoms with Crippen molar-refractivity contribution in [3.05, 3.63) is 11.6 Å². The van der Waals surface area contributed by atoms with Crippen molar-refractivity contribution in [3.8, 4) is 0 Å². The van der Waals surface area contributed by atoms with E-state index in [-0.39, 0.29) is 50.8 Å². The van der Waals surface area contributed by atoms with Crippen molar-refractivity contribution in [1.29, 1.82) is 0 Å². The number of hydrogen-bond donors (Lipinski definition) is 2. The highest BCUT2D eigenvalue weighted by Crippen LogP contribution is 2.75. The van der Waals surface area contributed by atoms with Crippen molar-refractivity contribution in [1.82, 2.24) is 0 Å². The Labute approximate surface area is 206 Å². The molecule has 0 bridgehead atoms. The van der Waals surface area contributed by atoms with Crippen molar-refractivity contribution in [2.45, 2.75) is 112 Å². The van der Waals surface area contributed by atoms with Crippen LogP contribution >= 0.6 is 0 Å². The average molecular weight is 471 g/mol. The molecule has 34 heavy (non-hydrogen) atoms. The molecule has 4 nitrogen and oxygen atoms in total. The molecule has 3 unspecified atom stereocenters. The van der Waals surface area contributed by atoms with E-state index in [4.69, 9.17) is 0 Å². The summed E-state index contributed by atoms with van der Waals surface area (Å²) in [5, 5.41) is 20.9. The van der Waals surface area contributed by atoms with Gasteiger partial charge >= 0.3 is 5.97 Å². The number of ketones is 1. The summed E-state index contributed by atoms with van der Waals surface area (Å²) in [5.41, 5.74) is 0.142. The lowest BCUT2D eigenvalue weighted by molar-refractivity contribution is -0.202. The number of allylic oxidation sites excluding steroid dienone is 2. The van der Waals surface area contributed by atoms with Gasteiger partial charge in [-0.15, -0.1) is 0 Å². The number of fused-ring (bicyclic) bond motifs is 7. The molecule has 4 saturated carbocycles. The minimum absolute atomic E-state index is 0.0296. The van der Waals surface area contributed by atoms with E-state index in [0.717, 1.165) is 51.4 Å². The third-order valence-electron chi connectivity index (χ3n) is 13.1. The molecule has 5 aliphatic carbocycles. The molecule has 0 saturated heterocycles. The molecule has 5 rings (SSSR count). The van der Waals surface area contributed by atoms with Gasteiger partial charge in [0, 0.05) is 5.92 Å². The number of carbonyl (C=O) groups excluding carboxylic acids is 1. The van der Waals surface area contributed by atoms with Crippen LogP contribution in [0.5, 0.6) is 0 Å². The Bertz CT molecular complexity index is 965. The van der Waals surface area contributed by atoms with Crippen molar-refractivity contribution >= 4 is 11.8 Å². The Balaban J connectivity index is 1.62. The van der Waals surface area contributed by atoms with Crippen molar-refractivity contribution in [2.24, 2.45) is 50.2 Å². The smallest absolute Gasteiger partial charge is 0.309 e. The molecule has 0 aromatic carbocycles. The van der Waals surface area contributed by atoms with E-state index in [1.165, 1.54) is 5.57 Å². The Morgan fingerprint density at radius 2 is 1.56 bits per heavy atom. The van der Waals surface area contributed by atoms with E-state index in [9.17, 15) is 19.8 Å². The maximum atomic E-state index is 14.2. The highest BCUT2D eigenvalue weighted by atomic mass is 16.4. The van der Waals surface area contributed by atoms with E-state index in [2.05, 4.69) is 41.5 Å². The van der Waals surface area contributed by atoms with E-state index in [1.54, 1.807) is 0 Å². The number of aliphatic hydroxyl groups is 1. The Morgan fingerprint density at radius 1 is 0.912 bits per heavy atom. The van der Waals surface area contributed by atoms with Crippen LogP contribution in [0, 0.1) is 50.2 Å². The molecule has 5 aliphatic rings. The highest BCUT2D eigenvalue weighted by Gasteiger charge is 2.70. The lowest BCUT2D eigenvalue weighted by Crippen LogP contribution is -2.66. The molecule has 0 aliphatic heterocycles. The second kappa shape index (κ2) is 6.99. The largest absolute Gasteiger partial charge is 0.481 e. The van der Waals surface area contributed by atoms with Crippen molar-refractivity contribution in [3.63, 3.8) is 0 Å². The van der Waals surface area contributed by atoms with Crippen LogP contribution in [0.3, 0.4) is 0 Å². The van der Waals surface area contributed by atoms with Gasteiger partial charge in [-0.3, -0.25) is 9.59 Å². The van der Waals surface area contributed by atoms with Crippen molar-refractivity contribution < 1.29 is 19.8 Å². The third kappa shape index (κ3) is 2.81. The van der Waals surface area contributed by atoms with Crippen LogP contribution in [0.25, 0.3) is 0 Å². The molecule has 0 aromatic heterocycles. The van der Waals surface area contributed by atoms with Gasteiger partial charge in [0.2, 0.25) is 0 Å². The first-order valence-corrected chi connectivity index (χ1v) is 13.7. The van der Waals surface area contributed by atoms with Crippen molar-refractivity contribution in [2.75, 3.05) is 0 Å². The second-order valence-corrected chi connectivity index (χ2v) is 14.9. The zero-order chi connectivity index (χ0) is 25.1. The lowest BCUT2D eigenvalue weighted by atomic mass is 9.33. The summed E-state index contributed by atoms with van der Waals surface area (Å²) in [6.45, 7) is 15.8. The fourth-order valence-corrected chi connectivity index (χ4v) is 10.4. The van der Waals surface area contributed by atoms with Crippen LogP contribution in [-0.4, -0.2) is 28.1 Å². The standard InChI is InChI=1S/C30H46O4/c1-25(2)21-8-11-30(7)23(28(21,5)10-9-22(25)32)20(31)16-18-19-17-27(4,24(33)34)13-12-26(19,3)14-15-29(18,30)6/h16,19,21-23,32H,8-15,17H2,1-7H3,(H,33,34)/t19-,21?,22?,23-,26-,27?,28+,29-,30-/m1/s1. The minimum atomic E-state index is -0.711. The Hall–Kier alpha value is -1.16. The third-order valence-corrected chi connectivity index (χ3v) is 13.1. The first kappa shape index (κ1) is 24.5. The van der Waals surface area contributed by atoms with Gasteiger partial charge < -0.3 is 10.2 Å². The lowest BCUT2D eigenvalue weighted by Gasteiger charge is -2.70. The van der Waals surface area contributed by atoms with Gasteiger partial charge in [-0.05, 0) is 110 Å². The molecule has 4 fully saturated rings. The number of carboxylic acid groups (broad SMARTS) is 1. The normalized spacial score (nSPS) is 54.1. The van der Waals surface area contributed by atoms with Gasteiger partial charge in [-0.1, -0.05) is 47.1 Å². The zero-order valence-electron chi connectivity index (χ0n) is 22.5. The van der Waals surface area contributed by atoms with Gasteiger partial charge in [0.15, 0.2) is 5.78 Å². The van der Waals surface area contributed by atoms with Crippen LogP contribution in [0.4, 0.5) is 0 Å². The molecular weight excluding hydrogens is 424 g/mol. The average Bonchev–Trinajstić information content (AvgIpc) is 2.73. The molecule has 0 spiro atoms. The molecular formula is C30H46O4. The fourth-order valence-electron chi connectivity index (χ4n) is 10.4. The van der Waals surface area contributed by atoms with Crippen LogP contribution in [0.15, 0.2) is 11.6 Å². The molecule has 190 valence electrons. The van der Waals surface area contributed by atoms with Gasteiger partial charge in [0.05, 0.1) is 11.5 Å².